The molecule has 1 aliphatic heterocycles. The molecule has 0 aromatic carbocycles. The number of aromatic nitrogens is 1. The third-order valence-electron chi connectivity index (χ3n) is 4.43. The van der Waals surface area contributed by atoms with Crippen molar-refractivity contribution in [3.63, 3.8) is 0 Å². The number of nitrogens with zero attached hydrogens (tertiary/aromatic N) is 2. The van der Waals surface area contributed by atoms with Crippen molar-refractivity contribution >= 4 is 10.0 Å². The third-order valence-corrected chi connectivity index (χ3v) is 6.29. The fourth-order valence-electron chi connectivity index (χ4n) is 2.95. The number of hydrogen-bond donors (Lipinski definition) is 1. The minimum atomic E-state index is -3.41. The van der Waals surface area contributed by atoms with Crippen molar-refractivity contribution in [1.82, 2.24) is 8.87 Å². The Morgan fingerprint density at radius 2 is 1.95 bits per heavy atom. The monoisotopic (exact) mass is 313 g/mol. The molecule has 0 bridgehead atoms. The topological polar surface area (TPSA) is 77.6 Å². The van der Waals surface area contributed by atoms with E-state index in [-0.39, 0.29) is 6.10 Å². The van der Waals surface area contributed by atoms with Crippen molar-refractivity contribution in [2.24, 2.45) is 5.73 Å². The lowest BCUT2D eigenvalue weighted by Crippen LogP contribution is -2.40. The normalized spacial score (nSPS) is 21.8. The molecule has 1 aromatic rings. The van der Waals surface area contributed by atoms with Crippen LogP contribution in [0, 0.1) is 0 Å². The van der Waals surface area contributed by atoms with E-state index in [0.717, 1.165) is 31.4 Å². The predicted molar refractivity (Wildman–Crippen MR) is 79.4 cm³/mol. The van der Waals surface area contributed by atoms with Crippen molar-refractivity contribution in [1.29, 1.82) is 0 Å². The zero-order valence-electron chi connectivity index (χ0n) is 12.4. The van der Waals surface area contributed by atoms with Crippen molar-refractivity contribution in [2.45, 2.75) is 49.3 Å². The van der Waals surface area contributed by atoms with E-state index in [4.69, 9.17) is 10.5 Å². The van der Waals surface area contributed by atoms with Crippen molar-refractivity contribution < 1.29 is 13.2 Å². The molecule has 0 radical (unpaired) electrons. The Balaban J connectivity index is 1.81. The van der Waals surface area contributed by atoms with E-state index >= 15 is 0 Å². The Morgan fingerprint density at radius 1 is 1.29 bits per heavy atom. The first-order valence-corrected chi connectivity index (χ1v) is 8.94. The quantitative estimate of drug-likeness (QED) is 0.882. The summed E-state index contributed by atoms with van der Waals surface area (Å²) in [7, 11) is -1.73. The minimum Gasteiger partial charge on any atom is -0.381 e. The van der Waals surface area contributed by atoms with Gasteiger partial charge in [0.1, 0.15) is 4.90 Å². The minimum absolute atomic E-state index is 0.173. The van der Waals surface area contributed by atoms with E-state index < -0.39 is 10.0 Å². The summed E-state index contributed by atoms with van der Waals surface area (Å²) >= 11 is 0. The molecular formula is C14H23N3O3S. The smallest absolute Gasteiger partial charge is 0.244 e. The van der Waals surface area contributed by atoms with Crippen molar-refractivity contribution in [2.75, 3.05) is 20.2 Å². The second kappa shape index (κ2) is 5.72. The van der Waals surface area contributed by atoms with Crippen LogP contribution in [-0.4, -0.2) is 43.6 Å². The summed E-state index contributed by atoms with van der Waals surface area (Å²) < 4.78 is 34.4. The van der Waals surface area contributed by atoms with Crippen molar-refractivity contribution in [3.8, 4) is 0 Å². The number of piperidine rings is 1. The lowest BCUT2D eigenvalue weighted by atomic mass is 10.1. The standard InChI is InChI=1S/C14H23N3O3S/c1-20-13-4-6-16(7-5-13)21(18,19)14-8-12(9-15)17(10-14)11-2-3-11/h8,10-11,13H,2-7,9,15H2,1H3. The Hall–Kier alpha value is -0.890. The molecule has 2 heterocycles. The molecule has 3 rings (SSSR count). The molecule has 0 atom stereocenters. The second-order valence-electron chi connectivity index (χ2n) is 5.85. The number of hydrogen-bond acceptors (Lipinski definition) is 4. The van der Waals surface area contributed by atoms with Crippen LogP contribution < -0.4 is 5.73 Å². The molecule has 2 fully saturated rings. The van der Waals surface area contributed by atoms with E-state index in [1.54, 1.807) is 23.7 Å². The highest BCUT2D eigenvalue weighted by Gasteiger charge is 2.32. The summed E-state index contributed by atoms with van der Waals surface area (Å²) in [5.74, 6) is 0. The number of sulfonamides is 1. The van der Waals surface area contributed by atoms with E-state index in [2.05, 4.69) is 0 Å². The van der Waals surface area contributed by atoms with Crippen LogP contribution in [0.2, 0.25) is 0 Å². The third kappa shape index (κ3) is 2.88. The average Bonchev–Trinajstić information content (AvgIpc) is 3.25. The molecule has 1 saturated carbocycles. The fraction of sp³-hybridized carbons (Fsp3) is 0.714. The molecule has 1 aromatic heterocycles. The van der Waals surface area contributed by atoms with Gasteiger partial charge in [0.2, 0.25) is 10.0 Å². The largest absolute Gasteiger partial charge is 0.381 e. The molecule has 1 saturated heterocycles. The van der Waals surface area contributed by atoms with Gasteiger partial charge in [0, 0.05) is 44.7 Å². The van der Waals surface area contributed by atoms with Crippen molar-refractivity contribution in [3.05, 3.63) is 18.0 Å². The molecule has 2 aliphatic rings. The van der Waals surface area contributed by atoms with Crippen LogP contribution in [-0.2, 0) is 21.3 Å². The summed E-state index contributed by atoms with van der Waals surface area (Å²) in [6.07, 6.45) is 5.66. The maximum absolute atomic E-state index is 12.7. The lowest BCUT2D eigenvalue weighted by Gasteiger charge is -2.30. The highest BCUT2D eigenvalue weighted by molar-refractivity contribution is 7.89. The van der Waals surface area contributed by atoms with Crippen LogP contribution in [0.4, 0.5) is 0 Å². The van der Waals surface area contributed by atoms with Gasteiger partial charge in [-0.1, -0.05) is 0 Å². The number of nitrogens with two attached hydrogens (primary N) is 1. The van der Waals surface area contributed by atoms with E-state index in [1.165, 1.54) is 0 Å². The second-order valence-corrected chi connectivity index (χ2v) is 7.79. The zero-order valence-corrected chi connectivity index (χ0v) is 13.2. The molecule has 2 N–H and O–H groups in total. The first-order valence-electron chi connectivity index (χ1n) is 7.50. The first kappa shape index (κ1) is 15.0. The van der Waals surface area contributed by atoms with Crippen LogP contribution in [0.3, 0.4) is 0 Å². The first-order chi connectivity index (χ1) is 10.1. The SMILES string of the molecule is COC1CCN(S(=O)(=O)c2cc(CN)n(C3CC3)c2)CC1. The zero-order chi connectivity index (χ0) is 15.0. The van der Waals surface area contributed by atoms with Gasteiger partial charge in [0.05, 0.1) is 6.10 Å². The molecule has 0 amide bonds. The van der Waals surface area contributed by atoms with Gasteiger partial charge in [0.15, 0.2) is 0 Å². The van der Waals surface area contributed by atoms with Crippen LogP contribution in [0.5, 0.6) is 0 Å². The van der Waals surface area contributed by atoms with Gasteiger partial charge in [-0.05, 0) is 31.7 Å². The number of methoxy groups -OCH3 is 1. The van der Waals surface area contributed by atoms with E-state index in [9.17, 15) is 8.42 Å². The van der Waals surface area contributed by atoms with Crippen LogP contribution in [0.25, 0.3) is 0 Å². The average molecular weight is 313 g/mol. The summed E-state index contributed by atoms with van der Waals surface area (Å²) in [6.45, 7) is 1.42. The molecule has 0 spiro atoms. The lowest BCUT2D eigenvalue weighted by molar-refractivity contribution is 0.0604. The maximum atomic E-state index is 12.7. The van der Waals surface area contributed by atoms with Crippen LogP contribution >= 0.6 is 0 Å². The number of ether oxygens (including phenoxy) is 1. The molecule has 7 heteroatoms. The van der Waals surface area contributed by atoms with Gasteiger partial charge in [-0.15, -0.1) is 0 Å². The van der Waals surface area contributed by atoms with Gasteiger partial charge in [-0.25, -0.2) is 8.42 Å². The summed E-state index contributed by atoms with van der Waals surface area (Å²) in [5.41, 5.74) is 6.65. The predicted octanol–water partition coefficient (Wildman–Crippen LogP) is 1.08. The number of rotatable bonds is 5. The van der Waals surface area contributed by atoms with Crippen LogP contribution in [0.1, 0.15) is 37.4 Å². The highest BCUT2D eigenvalue weighted by Crippen LogP contribution is 2.37. The molecule has 1 aliphatic carbocycles. The highest BCUT2D eigenvalue weighted by atomic mass is 32.2. The van der Waals surface area contributed by atoms with Gasteiger partial charge in [-0.2, -0.15) is 4.31 Å². The van der Waals surface area contributed by atoms with E-state index in [1.807, 2.05) is 4.57 Å². The van der Waals surface area contributed by atoms with E-state index in [0.29, 0.717) is 30.6 Å². The van der Waals surface area contributed by atoms with Gasteiger partial charge < -0.3 is 15.0 Å². The fourth-order valence-corrected chi connectivity index (χ4v) is 4.47. The Morgan fingerprint density at radius 3 is 2.48 bits per heavy atom. The Bertz CT molecular complexity index is 599. The van der Waals surface area contributed by atoms with Gasteiger partial charge >= 0.3 is 0 Å². The van der Waals surface area contributed by atoms with Gasteiger partial charge in [0.25, 0.3) is 0 Å². The van der Waals surface area contributed by atoms with Crippen LogP contribution in [0.15, 0.2) is 17.2 Å². The molecule has 0 unspecified atom stereocenters. The summed E-state index contributed by atoms with van der Waals surface area (Å²) in [4.78, 5) is 0.380. The molecule has 118 valence electrons. The Kier molecular flexibility index (Phi) is 4.09. The van der Waals surface area contributed by atoms with Gasteiger partial charge in [-0.3, -0.25) is 0 Å². The molecular weight excluding hydrogens is 290 g/mol. The Labute approximate surface area is 125 Å². The molecule has 6 nitrogen and oxygen atoms in total. The summed E-state index contributed by atoms with van der Waals surface area (Å²) in [5, 5.41) is 0. The summed E-state index contributed by atoms with van der Waals surface area (Å²) in [6, 6.07) is 2.17. The maximum Gasteiger partial charge on any atom is 0.244 e. The molecule has 21 heavy (non-hydrogen) atoms.